The minimum Gasteiger partial charge on any atom is -0.394 e. The fourth-order valence-electron chi connectivity index (χ4n) is 8.84. The van der Waals surface area contributed by atoms with Crippen LogP contribution >= 0.6 is 0 Å². The van der Waals surface area contributed by atoms with Crippen molar-refractivity contribution < 1.29 is 15.0 Å². The summed E-state index contributed by atoms with van der Waals surface area (Å²) >= 11 is 0. The van der Waals surface area contributed by atoms with Crippen LogP contribution in [0.3, 0.4) is 0 Å². The molecule has 1 amide bonds. The molecular weight excluding hydrogens is 759 g/mol. The van der Waals surface area contributed by atoms with Gasteiger partial charge in [0.2, 0.25) is 5.91 Å². The van der Waals surface area contributed by atoms with Crippen molar-refractivity contribution in [1.29, 1.82) is 0 Å². The van der Waals surface area contributed by atoms with Crippen LogP contribution in [0.15, 0.2) is 36.5 Å². The number of hydrogen-bond acceptors (Lipinski definition) is 3. The van der Waals surface area contributed by atoms with E-state index in [1.165, 1.54) is 244 Å². The second kappa shape index (κ2) is 53.9. The molecular formula is C58H111NO3. The summed E-state index contributed by atoms with van der Waals surface area (Å²) in [6, 6.07) is -0.540. The van der Waals surface area contributed by atoms with Gasteiger partial charge in [0.1, 0.15) is 0 Å². The smallest absolute Gasteiger partial charge is 0.220 e. The molecule has 0 aliphatic heterocycles. The fourth-order valence-corrected chi connectivity index (χ4v) is 8.84. The third-order valence-electron chi connectivity index (χ3n) is 13.2. The first-order valence-corrected chi connectivity index (χ1v) is 28.2. The van der Waals surface area contributed by atoms with Crippen LogP contribution in [0, 0.1) is 0 Å². The second-order valence-corrected chi connectivity index (χ2v) is 19.4. The number of amides is 1. The number of carbonyl (C=O) groups excluding carboxylic acids is 1. The van der Waals surface area contributed by atoms with E-state index in [1.54, 1.807) is 0 Å². The summed E-state index contributed by atoms with van der Waals surface area (Å²) in [7, 11) is 0. The zero-order valence-electron chi connectivity index (χ0n) is 42.2. The van der Waals surface area contributed by atoms with Crippen molar-refractivity contribution in [2.45, 2.75) is 321 Å². The molecule has 0 bridgehead atoms. The van der Waals surface area contributed by atoms with Crippen LogP contribution in [0.25, 0.3) is 0 Å². The van der Waals surface area contributed by atoms with Gasteiger partial charge in [-0.05, 0) is 51.4 Å². The predicted molar refractivity (Wildman–Crippen MR) is 276 cm³/mol. The van der Waals surface area contributed by atoms with E-state index >= 15 is 0 Å². The molecule has 0 aromatic heterocycles. The van der Waals surface area contributed by atoms with Crippen molar-refractivity contribution in [3.8, 4) is 0 Å². The molecule has 0 saturated heterocycles. The van der Waals surface area contributed by atoms with Gasteiger partial charge in [0, 0.05) is 6.42 Å². The number of rotatable bonds is 52. The van der Waals surface area contributed by atoms with Gasteiger partial charge in [-0.3, -0.25) is 4.79 Å². The first-order valence-electron chi connectivity index (χ1n) is 28.2. The summed E-state index contributed by atoms with van der Waals surface area (Å²) < 4.78 is 0. The SMILES string of the molecule is CCCCCCC/C=C\C/C=C\C/C=C\CCCCCCCCCCCCC(=O)NC(CO)C(O)CCCCCCCCCCCCCCCCCCCCCCCCCCC. The highest BCUT2D eigenvalue weighted by Gasteiger charge is 2.20. The van der Waals surface area contributed by atoms with E-state index < -0.39 is 12.1 Å². The van der Waals surface area contributed by atoms with Gasteiger partial charge in [-0.25, -0.2) is 0 Å². The average Bonchev–Trinajstić information content (AvgIpc) is 3.28. The summed E-state index contributed by atoms with van der Waals surface area (Å²) in [5, 5.41) is 23.4. The van der Waals surface area contributed by atoms with E-state index in [2.05, 4.69) is 55.6 Å². The maximum atomic E-state index is 12.5. The van der Waals surface area contributed by atoms with E-state index in [-0.39, 0.29) is 12.5 Å². The van der Waals surface area contributed by atoms with Crippen LogP contribution in [-0.2, 0) is 4.79 Å². The number of hydrogen-bond donors (Lipinski definition) is 3. The van der Waals surface area contributed by atoms with Crippen molar-refractivity contribution in [3.05, 3.63) is 36.5 Å². The molecule has 0 aliphatic carbocycles. The van der Waals surface area contributed by atoms with Crippen molar-refractivity contribution in [1.82, 2.24) is 5.32 Å². The molecule has 4 heteroatoms. The standard InChI is InChI=1S/C58H111NO3/c1-3-5-7-9-11-13-15-17-19-21-23-25-27-29-31-33-35-37-39-41-43-45-47-49-51-53-57(61)56(55-60)59-58(62)54-52-50-48-46-44-42-40-38-36-34-32-30-28-26-24-22-20-18-16-14-12-10-8-6-4-2/h16,18,22,24,28,30,56-57,60-61H,3-15,17,19-21,23,25-27,29,31-55H2,1-2H3,(H,59,62)/b18-16-,24-22-,30-28-. The molecule has 0 aromatic rings. The number of nitrogens with one attached hydrogen (secondary N) is 1. The van der Waals surface area contributed by atoms with Gasteiger partial charge in [-0.1, -0.05) is 288 Å². The summed E-state index contributed by atoms with van der Waals surface area (Å²) in [6.45, 7) is 4.38. The molecule has 0 spiro atoms. The Morgan fingerprint density at radius 3 is 0.984 bits per heavy atom. The minimum atomic E-state index is -0.663. The maximum absolute atomic E-state index is 12.5. The molecule has 0 rings (SSSR count). The van der Waals surface area contributed by atoms with Crippen LogP contribution in [0.4, 0.5) is 0 Å². The highest BCUT2D eigenvalue weighted by molar-refractivity contribution is 5.76. The lowest BCUT2D eigenvalue weighted by Gasteiger charge is -2.22. The fraction of sp³-hybridized carbons (Fsp3) is 0.879. The van der Waals surface area contributed by atoms with Crippen molar-refractivity contribution in [2.75, 3.05) is 6.61 Å². The van der Waals surface area contributed by atoms with Gasteiger partial charge in [-0.2, -0.15) is 0 Å². The summed E-state index contributed by atoms with van der Waals surface area (Å²) in [4.78, 5) is 12.5. The minimum absolute atomic E-state index is 0.0317. The topological polar surface area (TPSA) is 69.6 Å². The molecule has 0 radical (unpaired) electrons. The first kappa shape index (κ1) is 60.6. The summed E-state index contributed by atoms with van der Waals surface area (Å²) in [5.74, 6) is -0.0317. The number of aliphatic hydroxyl groups is 2. The molecule has 366 valence electrons. The van der Waals surface area contributed by atoms with E-state index in [9.17, 15) is 15.0 Å². The van der Waals surface area contributed by atoms with E-state index in [0.29, 0.717) is 12.8 Å². The van der Waals surface area contributed by atoms with Crippen LogP contribution in [0.5, 0.6) is 0 Å². The van der Waals surface area contributed by atoms with Crippen LogP contribution in [0.1, 0.15) is 309 Å². The molecule has 2 atom stereocenters. The lowest BCUT2D eigenvalue weighted by Crippen LogP contribution is -2.45. The summed E-state index contributed by atoms with van der Waals surface area (Å²) in [6.07, 6.45) is 72.7. The molecule has 0 saturated carbocycles. The monoisotopic (exact) mass is 870 g/mol. The lowest BCUT2D eigenvalue weighted by molar-refractivity contribution is -0.123. The lowest BCUT2D eigenvalue weighted by atomic mass is 10.0. The van der Waals surface area contributed by atoms with Gasteiger partial charge in [0.15, 0.2) is 0 Å². The molecule has 2 unspecified atom stereocenters. The van der Waals surface area contributed by atoms with E-state index in [1.807, 2.05) is 0 Å². The molecule has 0 aliphatic rings. The molecule has 62 heavy (non-hydrogen) atoms. The normalized spacial score (nSPS) is 13.0. The molecule has 3 N–H and O–H groups in total. The van der Waals surface area contributed by atoms with Crippen molar-refractivity contribution >= 4 is 5.91 Å². The third-order valence-corrected chi connectivity index (χ3v) is 13.2. The molecule has 0 fully saturated rings. The largest absolute Gasteiger partial charge is 0.394 e. The van der Waals surface area contributed by atoms with E-state index in [4.69, 9.17) is 0 Å². The Bertz CT molecular complexity index is 943. The number of allylic oxidation sites excluding steroid dienone is 6. The molecule has 4 nitrogen and oxygen atoms in total. The Kier molecular flexibility index (Phi) is 52.7. The summed E-state index contributed by atoms with van der Waals surface area (Å²) in [5.41, 5.74) is 0. The number of aliphatic hydroxyl groups excluding tert-OH is 2. The van der Waals surface area contributed by atoms with Crippen LogP contribution < -0.4 is 5.32 Å². The quantitative estimate of drug-likeness (QED) is 0.0421. The molecule has 0 heterocycles. The van der Waals surface area contributed by atoms with Crippen molar-refractivity contribution in [2.24, 2.45) is 0 Å². The highest BCUT2D eigenvalue weighted by Crippen LogP contribution is 2.17. The van der Waals surface area contributed by atoms with E-state index in [0.717, 1.165) is 38.5 Å². The van der Waals surface area contributed by atoms with Gasteiger partial charge in [0.05, 0.1) is 18.8 Å². The maximum Gasteiger partial charge on any atom is 0.220 e. The highest BCUT2D eigenvalue weighted by atomic mass is 16.3. The number of unbranched alkanes of at least 4 members (excludes halogenated alkanes) is 39. The average molecular weight is 871 g/mol. The van der Waals surface area contributed by atoms with Crippen LogP contribution in [-0.4, -0.2) is 34.9 Å². The number of carbonyl (C=O) groups is 1. The van der Waals surface area contributed by atoms with Crippen LogP contribution in [0.2, 0.25) is 0 Å². The molecule has 0 aromatic carbocycles. The van der Waals surface area contributed by atoms with Gasteiger partial charge < -0.3 is 15.5 Å². The van der Waals surface area contributed by atoms with Crippen molar-refractivity contribution in [3.63, 3.8) is 0 Å². The third kappa shape index (κ3) is 49.6. The Balaban J connectivity index is 3.47. The zero-order chi connectivity index (χ0) is 44.9. The van der Waals surface area contributed by atoms with Gasteiger partial charge in [0.25, 0.3) is 0 Å². The predicted octanol–water partition coefficient (Wildman–Crippen LogP) is 18.5. The Hall–Kier alpha value is -1.39. The first-order chi connectivity index (χ1) is 30.7. The Morgan fingerprint density at radius 1 is 0.387 bits per heavy atom. The van der Waals surface area contributed by atoms with Gasteiger partial charge >= 0.3 is 0 Å². The van der Waals surface area contributed by atoms with Gasteiger partial charge in [-0.15, -0.1) is 0 Å². The Morgan fingerprint density at radius 2 is 0.661 bits per heavy atom. The Labute approximate surface area is 389 Å². The second-order valence-electron chi connectivity index (χ2n) is 19.4. The zero-order valence-corrected chi connectivity index (χ0v) is 42.2.